The molecule has 0 aromatic carbocycles. The summed E-state index contributed by atoms with van der Waals surface area (Å²) < 4.78 is 5.83. The minimum Gasteiger partial charge on any atom is -0.418 e. The first-order valence-corrected chi connectivity index (χ1v) is 8.53. The predicted octanol–water partition coefficient (Wildman–Crippen LogP) is 1.86. The van der Waals surface area contributed by atoms with Crippen LogP contribution < -0.4 is 0 Å². The molecule has 1 saturated heterocycles. The molecule has 3 heterocycles. The Kier molecular flexibility index (Phi) is 4.87. The summed E-state index contributed by atoms with van der Waals surface area (Å²) in [6, 6.07) is 4.09. The second-order valence-corrected chi connectivity index (χ2v) is 6.73. The molecule has 1 aliphatic rings. The number of hydrogen-bond donors (Lipinski definition) is 1. The zero-order valence-electron chi connectivity index (χ0n) is 13.0. The topological polar surface area (TPSA) is 65.6 Å². The molecule has 120 valence electrons. The molecule has 1 fully saturated rings. The maximum atomic E-state index is 9.46. The molecule has 0 bridgehead atoms. The van der Waals surface area contributed by atoms with Gasteiger partial charge in [-0.2, -0.15) is 0 Å². The normalized spacial score (nSPS) is 20.1. The quantitative estimate of drug-likeness (QED) is 0.906. The molecular formula is C15H22N4O2S. The van der Waals surface area contributed by atoms with E-state index in [1.54, 1.807) is 11.3 Å². The van der Waals surface area contributed by atoms with Gasteiger partial charge in [0.15, 0.2) is 0 Å². The van der Waals surface area contributed by atoms with Crippen molar-refractivity contribution >= 4 is 11.3 Å². The lowest BCUT2D eigenvalue weighted by molar-refractivity contribution is 0.0598. The van der Waals surface area contributed by atoms with Gasteiger partial charge in [0.2, 0.25) is 5.89 Å². The van der Waals surface area contributed by atoms with Gasteiger partial charge in [-0.25, -0.2) is 0 Å². The fraction of sp³-hybridized carbons (Fsp3) is 0.600. The molecule has 6 nitrogen and oxygen atoms in total. The SMILES string of the molecule is C[C@H](O)CN1CCN([C@@H](C)c2nnc(-c3cccs3)o2)CC1. The van der Waals surface area contributed by atoms with Crippen LogP contribution in [0.2, 0.25) is 0 Å². The number of aliphatic hydroxyl groups is 1. The molecule has 0 aliphatic carbocycles. The van der Waals surface area contributed by atoms with Gasteiger partial charge in [-0.3, -0.25) is 9.80 Å². The number of β-amino-alcohol motifs (C(OH)–C–C–N with tert-alkyl or cyclic N) is 1. The maximum Gasteiger partial charge on any atom is 0.257 e. The van der Waals surface area contributed by atoms with Crippen LogP contribution in [0.1, 0.15) is 25.8 Å². The van der Waals surface area contributed by atoms with Gasteiger partial charge in [0.05, 0.1) is 17.0 Å². The molecule has 2 aromatic heterocycles. The van der Waals surface area contributed by atoms with E-state index >= 15 is 0 Å². The molecule has 22 heavy (non-hydrogen) atoms. The van der Waals surface area contributed by atoms with Crippen LogP contribution in [0.25, 0.3) is 10.8 Å². The van der Waals surface area contributed by atoms with E-state index in [0.717, 1.165) is 37.6 Å². The van der Waals surface area contributed by atoms with Crippen molar-refractivity contribution in [1.82, 2.24) is 20.0 Å². The van der Waals surface area contributed by atoms with Gasteiger partial charge in [0, 0.05) is 32.7 Å². The van der Waals surface area contributed by atoms with Crippen molar-refractivity contribution in [2.45, 2.75) is 26.0 Å². The second kappa shape index (κ2) is 6.87. The number of piperazine rings is 1. The third kappa shape index (κ3) is 3.55. The van der Waals surface area contributed by atoms with E-state index in [4.69, 9.17) is 4.42 Å². The van der Waals surface area contributed by atoms with Gasteiger partial charge in [0.1, 0.15) is 0 Å². The fourth-order valence-electron chi connectivity index (χ4n) is 2.77. The molecule has 0 radical (unpaired) electrons. The number of aliphatic hydroxyl groups excluding tert-OH is 1. The molecule has 0 saturated carbocycles. The predicted molar refractivity (Wildman–Crippen MR) is 85.7 cm³/mol. The first-order chi connectivity index (χ1) is 10.6. The number of nitrogens with zero attached hydrogens (tertiary/aromatic N) is 4. The molecule has 2 atom stereocenters. The van der Waals surface area contributed by atoms with Crippen molar-refractivity contribution in [3.05, 3.63) is 23.4 Å². The maximum absolute atomic E-state index is 9.46. The van der Waals surface area contributed by atoms with Gasteiger partial charge in [-0.05, 0) is 25.3 Å². The average molecular weight is 322 g/mol. The molecule has 0 unspecified atom stereocenters. The lowest BCUT2D eigenvalue weighted by Crippen LogP contribution is -2.48. The molecule has 1 N–H and O–H groups in total. The van der Waals surface area contributed by atoms with Gasteiger partial charge in [0.25, 0.3) is 5.89 Å². The molecular weight excluding hydrogens is 300 g/mol. The highest BCUT2D eigenvalue weighted by Gasteiger charge is 2.26. The van der Waals surface area contributed by atoms with Crippen LogP contribution in [0.3, 0.4) is 0 Å². The van der Waals surface area contributed by atoms with Crippen LogP contribution in [0.5, 0.6) is 0 Å². The zero-order valence-corrected chi connectivity index (χ0v) is 13.8. The summed E-state index contributed by atoms with van der Waals surface area (Å²) in [5.74, 6) is 1.27. The summed E-state index contributed by atoms with van der Waals surface area (Å²) >= 11 is 1.60. The van der Waals surface area contributed by atoms with E-state index in [0.29, 0.717) is 11.8 Å². The first-order valence-electron chi connectivity index (χ1n) is 7.65. The van der Waals surface area contributed by atoms with E-state index < -0.39 is 0 Å². The summed E-state index contributed by atoms with van der Waals surface area (Å²) in [6.45, 7) is 8.50. The Labute approximate surface area is 134 Å². The van der Waals surface area contributed by atoms with Crippen molar-refractivity contribution in [3.8, 4) is 10.8 Å². The Bertz CT molecular complexity index is 576. The third-order valence-electron chi connectivity index (χ3n) is 4.01. The largest absolute Gasteiger partial charge is 0.418 e. The van der Waals surface area contributed by atoms with Gasteiger partial charge in [-0.15, -0.1) is 21.5 Å². The molecule has 0 amide bonds. The Hall–Kier alpha value is -1.28. The third-order valence-corrected chi connectivity index (χ3v) is 4.86. The minimum absolute atomic E-state index is 0.120. The summed E-state index contributed by atoms with van der Waals surface area (Å²) in [6.07, 6.45) is -0.270. The highest BCUT2D eigenvalue weighted by Crippen LogP contribution is 2.27. The molecule has 0 spiro atoms. The summed E-state index contributed by atoms with van der Waals surface area (Å²) in [5.41, 5.74) is 0. The van der Waals surface area contributed by atoms with Crippen LogP contribution >= 0.6 is 11.3 Å². The Morgan fingerprint density at radius 1 is 1.27 bits per heavy atom. The number of hydrogen-bond acceptors (Lipinski definition) is 7. The smallest absolute Gasteiger partial charge is 0.257 e. The highest BCUT2D eigenvalue weighted by molar-refractivity contribution is 7.13. The number of aromatic nitrogens is 2. The Balaban J connectivity index is 1.59. The van der Waals surface area contributed by atoms with Crippen LogP contribution in [0.15, 0.2) is 21.9 Å². The van der Waals surface area contributed by atoms with Crippen molar-refractivity contribution in [1.29, 1.82) is 0 Å². The lowest BCUT2D eigenvalue weighted by Gasteiger charge is -2.37. The summed E-state index contributed by atoms with van der Waals surface area (Å²) in [5, 5.41) is 19.8. The van der Waals surface area contributed by atoms with Crippen molar-refractivity contribution in [2.75, 3.05) is 32.7 Å². The van der Waals surface area contributed by atoms with Crippen LogP contribution in [-0.2, 0) is 0 Å². The minimum atomic E-state index is -0.270. The van der Waals surface area contributed by atoms with Crippen LogP contribution in [-0.4, -0.2) is 63.9 Å². The van der Waals surface area contributed by atoms with E-state index in [9.17, 15) is 5.11 Å². The first kappa shape index (κ1) is 15.6. The number of thiophene rings is 1. The highest BCUT2D eigenvalue weighted by atomic mass is 32.1. The molecule has 3 rings (SSSR count). The summed E-state index contributed by atoms with van der Waals surface area (Å²) in [7, 11) is 0. The molecule has 7 heteroatoms. The monoisotopic (exact) mass is 322 g/mol. The number of rotatable bonds is 5. The molecule has 1 aliphatic heterocycles. The second-order valence-electron chi connectivity index (χ2n) is 5.78. The Morgan fingerprint density at radius 2 is 2.05 bits per heavy atom. The zero-order chi connectivity index (χ0) is 15.5. The standard InChI is InChI=1S/C15H22N4O2S/c1-11(20)10-18-5-7-19(8-6-18)12(2)14-16-17-15(21-14)13-4-3-9-22-13/h3-4,9,11-12,20H,5-8,10H2,1-2H3/t11-,12-/m0/s1. The van der Waals surface area contributed by atoms with Crippen LogP contribution in [0, 0.1) is 0 Å². The van der Waals surface area contributed by atoms with E-state index in [2.05, 4.69) is 26.9 Å². The van der Waals surface area contributed by atoms with E-state index in [1.807, 2.05) is 24.4 Å². The lowest BCUT2D eigenvalue weighted by atomic mass is 10.2. The van der Waals surface area contributed by atoms with Crippen LogP contribution in [0.4, 0.5) is 0 Å². The van der Waals surface area contributed by atoms with E-state index in [-0.39, 0.29) is 12.1 Å². The van der Waals surface area contributed by atoms with Crippen molar-refractivity contribution in [3.63, 3.8) is 0 Å². The Morgan fingerprint density at radius 3 is 2.68 bits per heavy atom. The van der Waals surface area contributed by atoms with Gasteiger partial charge in [-0.1, -0.05) is 6.07 Å². The average Bonchev–Trinajstić information content (AvgIpc) is 3.18. The van der Waals surface area contributed by atoms with E-state index in [1.165, 1.54) is 0 Å². The van der Waals surface area contributed by atoms with Gasteiger partial charge >= 0.3 is 0 Å². The fourth-order valence-corrected chi connectivity index (χ4v) is 3.41. The van der Waals surface area contributed by atoms with Crippen molar-refractivity contribution in [2.24, 2.45) is 0 Å². The van der Waals surface area contributed by atoms with Gasteiger partial charge < -0.3 is 9.52 Å². The van der Waals surface area contributed by atoms with Crippen molar-refractivity contribution < 1.29 is 9.52 Å². The molecule has 2 aromatic rings. The summed E-state index contributed by atoms with van der Waals surface area (Å²) in [4.78, 5) is 5.65.